The molecule has 130 valence electrons. The minimum Gasteiger partial charge on any atom is -0.480 e. The van der Waals surface area contributed by atoms with Crippen LogP contribution in [-0.4, -0.2) is 41.5 Å². The van der Waals surface area contributed by atoms with Crippen LogP contribution in [0.2, 0.25) is 0 Å². The van der Waals surface area contributed by atoms with Crippen molar-refractivity contribution in [2.75, 3.05) is 11.9 Å². The summed E-state index contributed by atoms with van der Waals surface area (Å²) in [6.07, 6.45) is -0.599. The van der Waals surface area contributed by atoms with Crippen LogP contribution in [0.1, 0.15) is 31.9 Å². The predicted octanol–water partition coefficient (Wildman–Crippen LogP) is 0.426. The van der Waals surface area contributed by atoms with Crippen LogP contribution >= 0.6 is 0 Å². The normalized spacial score (nSPS) is 13.4. The van der Waals surface area contributed by atoms with Gasteiger partial charge >= 0.3 is 19.2 Å². The minimum atomic E-state index is -1.11. The molecule has 0 saturated carbocycles. The first-order valence-electron chi connectivity index (χ1n) is 7.54. The van der Waals surface area contributed by atoms with Crippen LogP contribution < -0.4 is 16.1 Å². The Labute approximate surface area is 140 Å². The van der Waals surface area contributed by atoms with Crippen molar-refractivity contribution in [3.8, 4) is 0 Å². The lowest BCUT2D eigenvalue weighted by Gasteiger charge is -2.21. The summed E-state index contributed by atoms with van der Waals surface area (Å²) in [5.74, 6) is -1.02. The predicted molar refractivity (Wildman–Crippen MR) is 88.0 cm³/mol. The maximum atomic E-state index is 11.8. The van der Waals surface area contributed by atoms with Crippen molar-refractivity contribution in [3.63, 3.8) is 0 Å². The summed E-state index contributed by atoms with van der Waals surface area (Å²) in [4.78, 5) is 22.6. The number of carboxylic acid groups (broad SMARTS) is 1. The summed E-state index contributed by atoms with van der Waals surface area (Å²) >= 11 is 0. The van der Waals surface area contributed by atoms with E-state index in [1.165, 1.54) is 0 Å². The van der Waals surface area contributed by atoms with E-state index in [0.29, 0.717) is 16.7 Å². The Hall–Kier alpha value is -2.26. The van der Waals surface area contributed by atoms with Gasteiger partial charge in [0.2, 0.25) is 0 Å². The number of carbonyl (C=O) groups excluding carboxylic acids is 1. The summed E-state index contributed by atoms with van der Waals surface area (Å²) in [5.41, 5.74) is 1.79. The summed E-state index contributed by atoms with van der Waals surface area (Å²) in [6.45, 7) is 5.31. The third-order valence-corrected chi connectivity index (χ3v) is 3.33. The molecule has 0 bridgehead atoms. The molecule has 8 nitrogen and oxygen atoms in total. The highest BCUT2D eigenvalue weighted by Crippen LogP contribution is 2.21. The molecule has 1 aromatic carbocycles. The first-order valence-corrected chi connectivity index (χ1v) is 7.54. The van der Waals surface area contributed by atoms with Gasteiger partial charge in [-0.25, -0.2) is 4.79 Å². The topological polar surface area (TPSA) is 117 Å². The molecule has 1 aliphatic rings. The molecule has 24 heavy (non-hydrogen) atoms. The number of alkyl carbamates (subject to hydrolysis) is 1. The van der Waals surface area contributed by atoms with E-state index in [1.54, 1.807) is 32.9 Å². The van der Waals surface area contributed by atoms with Gasteiger partial charge in [-0.15, -0.1) is 0 Å². The molecule has 0 aromatic heterocycles. The van der Waals surface area contributed by atoms with Crippen molar-refractivity contribution in [2.45, 2.75) is 39.5 Å². The lowest BCUT2D eigenvalue weighted by atomic mass is 9.75. The van der Waals surface area contributed by atoms with Crippen LogP contribution in [0.3, 0.4) is 0 Å². The van der Waals surface area contributed by atoms with Crippen LogP contribution in [0, 0.1) is 0 Å². The summed E-state index contributed by atoms with van der Waals surface area (Å²) < 4.78 is 10.4. The fraction of sp³-hybridized carbons (Fsp3) is 0.467. The first-order chi connectivity index (χ1) is 11.2. The van der Waals surface area contributed by atoms with Gasteiger partial charge in [-0.2, -0.15) is 0 Å². The molecule has 1 aromatic rings. The van der Waals surface area contributed by atoms with Gasteiger partial charge < -0.3 is 30.2 Å². The van der Waals surface area contributed by atoms with Gasteiger partial charge in [-0.1, -0.05) is 6.07 Å². The number of rotatable bonds is 5. The standard InChI is InChI=1S/C15H21BN2O6/c1-15(2,3)24-14(21)18-6-10-11(17-7-12(19)20)5-4-9-8-23-16(22)13(9)10/h4-5,17,22H,6-8H2,1-3H3,(H,18,21)(H,19,20). The van der Waals surface area contributed by atoms with Gasteiger partial charge in [0.25, 0.3) is 0 Å². The Bertz CT molecular complexity index is 644. The van der Waals surface area contributed by atoms with E-state index in [-0.39, 0.29) is 19.7 Å². The molecular formula is C15H21BN2O6. The second-order valence-corrected chi connectivity index (χ2v) is 6.43. The first kappa shape index (κ1) is 18.1. The quantitative estimate of drug-likeness (QED) is 0.576. The second kappa shape index (κ2) is 7.10. The number of fused-ring (bicyclic) bond motifs is 1. The average molecular weight is 336 g/mol. The maximum Gasteiger partial charge on any atom is 0.492 e. The molecule has 9 heteroatoms. The highest BCUT2D eigenvalue weighted by molar-refractivity contribution is 6.62. The van der Waals surface area contributed by atoms with Crippen LogP contribution in [0.5, 0.6) is 0 Å². The summed E-state index contributed by atoms with van der Waals surface area (Å²) in [7, 11) is -1.11. The molecule has 2 rings (SSSR count). The Morgan fingerprint density at radius 1 is 1.38 bits per heavy atom. The van der Waals surface area contributed by atoms with Gasteiger partial charge in [0.05, 0.1) is 6.61 Å². The largest absolute Gasteiger partial charge is 0.492 e. The molecule has 1 amide bonds. The van der Waals surface area contributed by atoms with Crippen molar-refractivity contribution < 1.29 is 29.1 Å². The number of nitrogens with one attached hydrogen (secondary N) is 2. The van der Waals surface area contributed by atoms with Gasteiger partial charge in [0.1, 0.15) is 12.1 Å². The van der Waals surface area contributed by atoms with Gasteiger partial charge in [-0.05, 0) is 43.4 Å². The Morgan fingerprint density at radius 3 is 2.71 bits per heavy atom. The zero-order chi connectivity index (χ0) is 17.9. The van der Waals surface area contributed by atoms with E-state index < -0.39 is 24.8 Å². The van der Waals surface area contributed by atoms with E-state index in [9.17, 15) is 14.6 Å². The van der Waals surface area contributed by atoms with Crippen LogP contribution in [0.25, 0.3) is 0 Å². The van der Waals surface area contributed by atoms with Crippen molar-refractivity contribution in [2.24, 2.45) is 0 Å². The number of anilines is 1. The minimum absolute atomic E-state index is 0.0699. The number of hydrogen-bond donors (Lipinski definition) is 4. The summed E-state index contributed by atoms with van der Waals surface area (Å²) in [5, 5.41) is 24.2. The Morgan fingerprint density at radius 2 is 2.08 bits per heavy atom. The molecule has 1 aliphatic heterocycles. The van der Waals surface area contributed by atoms with E-state index in [0.717, 1.165) is 5.56 Å². The number of carboxylic acids is 1. The molecule has 0 unspecified atom stereocenters. The molecule has 4 N–H and O–H groups in total. The number of carbonyl (C=O) groups is 2. The number of ether oxygens (including phenoxy) is 1. The van der Waals surface area contributed by atoms with E-state index in [4.69, 9.17) is 14.5 Å². The van der Waals surface area contributed by atoms with E-state index in [2.05, 4.69) is 10.6 Å². The molecule has 0 fully saturated rings. The van der Waals surface area contributed by atoms with Crippen molar-refractivity contribution in [1.82, 2.24) is 5.32 Å². The average Bonchev–Trinajstić information content (AvgIpc) is 2.83. The van der Waals surface area contributed by atoms with Gasteiger partial charge in [0, 0.05) is 12.2 Å². The Kier molecular flexibility index (Phi) is 5.35. The van der Waals surface area contributed by atoms with Crippen LogP contribution in [-0.2, 0) is 27.3 Å². The zero-order valence-corrected chi connectivity index (χ0v) is 13.9. The SMILES string of the molecule is CC(C)(C)OC(=O)NCc1c(NCC(=O)O)ccc2c1B(O)OC2. The van der Waals surface area contributed by atoms with Gasteiger partial charge in [0.15, 0.2) is 0 Å². The molecular weight excluding hydrogens is 315 g/mol. The lowest BCUT2D eigenvalue weighted by molar-refractivity contribution is -0.134. The lowest BCUT2D eigenvalue weighted by Crippen LogP contribution is -2.37. The van der Waals surface area contributed by atoms with E-state index in [1.807, 2.05) is 0 Å². The number of amides is 1. The highest BCUT2D eigenvalue weighted by atomic mass is 16.6. The number of hydrogen-bond acceptors (Lipinski definition) is 6. The molecule has 0 saturated heterocycles. The van der Waals surface area contributed by atoms with Crippen LogP contribution in [0.15, 0.2) is 12.1 Å². The summed E-state index contributed by atoms with van der Waals surface area (Å²) in [6, 6.07) is 3.46. The monoisotopic (exact) mass is 336 g/mol. The van der Waals surface area contributed by atoms with E-state index >= 15 is 0 Å². The third kappa shape index (κ3) is 4.62. The number of benzene rings is 1. The molecule has 0 aliphatic carbocycles. The van der Waals surface area contributed by atoms with Crippen molar-refractivity contribution in [1.29, 1.82) is 0 Å². The smallest absolute Gasteiger partial charge is 0.480 e. The third-order valence-electron chi connectivity index (χ3n) is 3.33. The molecule has 0 atom stereocenters. The zero-order valence-electron chi connectivity index (χ0n) is 13.9. The fourth-order valence-corrected chi connectivity index (χ4v) is 2.40. The highest BCUT2D eigenvalue weighted by Gasteiger charge is 2.31. The van der Waals surface area contributed by atoms with Crippen molar-refractivity contribution >= 4 is 30.3 Å². The van der Waals surface area contributed by atoms with Crippen LogP contribution in [0.4, 0.5) is 10.5 Å². The van der Waals surface area contributed by atoms with Gasteiger partial charge in [-0.3, -0.25) is 4.79 Å². The molecule has 0 radical (unpaired) electrons. The second-order valence-electron chi connectivity index (χ2n) is 6.43. The number of aliphatic carboxylic acids is 1. The van der Waals surface area contributed by atoms with Crippen molar-refractivity contribution in [3.05, 3.63) is 23.3 Å². The fourth-order valence-electron chi connectivity index (χ4n) is 2.40. The maximum absolute atomic E-state index is 11.8. The Balaban J connectivity index is 2.20. The molecule has 1 heterocycles. The molecule has 0 spiro atoms.